The molecule has 21 heavy (non-hydrogen) atoms. The second-order valence-electron chi connectivity index (χ2n) is 5.07. The molecule has 0 bridgehead atoms. The highest BCUT2D eigenvalue weighted by molar-refractivity contribution is 5.92. The van der Waals surface area contributed by atoms with Crippen LogP contribution in [0.1, 0.15) is 5.56 Å². The Morgan fingerprint density at radius 1 is 1.14 bits per heavy atom. The Labute approximate surface area is 130 Å². The average molecular weight is 311 g/mol. The molecular weight excluding hydrogens is 292 g/mol. The number of carbonyl (C=O) groups is 1. The second-order valence-corrected chi connectivity index (χ2v) is 5.07. The van der Waals surface area contributed by atoms with Crippen LogP contribution in [0.2, 0.25) is 0 Å². The summed E-state index contributed by atoms with van der Waals surface area (Å²) in [6.45, 7) is 3.72. The number of halogens is 1. The lowest BCUT2D eigenvalue weighted by molar-refractivity contribution is -0.127. The third-order valence-corrected chi connectivity index (χ3v) is 3.63. The van der Waals surface area contributed by atoms with Crippen LogP contribution in [0, 0.1) is 0 Å². The molecule has 2 aliphatic heterocycles. The Morgan fingerprint density at radius 2 is 1.86 bits per heavy atom. The van der Waals surface area contributed by atoms with E-state index in [1.54, 1.807) is 6.08 Å². The highest BCUT2D eigenvalue weighted by Gasteiger charge is 2.17. The maximum absolute atomic E-state index is 12.1. The van der Waals surface area contributed by atoms with Crippen LogP contribution in [0.15, 0.2) is 24.3 Å². The van der Waals surface area contributed by atoms with E-state index in [1.165, 1.54) is 0 Å². The zero-order valence-corrected chi connectivity index (χ0v) is 12.8. The van der Waals surface area contributed by atoms with Gasteiger partial charge in [-0.1, -0.05) is 6.07 Å². The monoisotopic (exact) mass is 310 g/mol. The summed E-state index contributed by atoms with van der Waals surface area (Å²) in [4.78, 5) is 16.2. The lowest BCUT2D eigenvalue weighted by Crippen LogP contribution is -2.46. The Kier molecular flexibility index (Phi) is 5.09. The molecule has 0 radical (unpaired) electrons. The van der Waals surface area contributed by atoms with Crippen molar-refractivity contribution in [3.63, 3.8) is 0 Å². The predicted octanol–water partition coefficient (Wildman–Crippen LogP) is 1.62. The molecule has 6 heteroatoms. The van der Waals surface area contributed by atoms with E-state index in [1.807, 2.05) is 29.2 Å². The molecule has 0 aromatic heterocycles. The lowest BCUT2D eigenvalue weighted by Gasteiger charge is -2.31. The molecule has 1 aromatic rings. The minimum Gasteiger partial charge on any atom is -0.454 e. The van der Waals surface area contributed by atoms with Gasteiger partial charge in [-0.2, -0.15) is 0 Å². The Morgan fingerprint density at radius 3 is 2.62 bits per heavy atom. The second kappa shape index (κ2) is 6.83. The van der Waals surface area contributed by atoms with Gasteiger partial charge >= 0.3 is 0 Å². The number of hydrogen-bond acceptors (Lipinski definition) is 4. The number of benzene rings is 1. The quantitative estimate of drug-likeness (QED) is 0.779. The first kappa shape index (κ1) is 15.7. The summed E-state index contributed by atoms with van der Waals surface area (Å²) in [5, 5.41) is 0. The highest BCUT2D eigenvalue weighted by Crippen LogP contribution is 2.32. The number of ether oxygens (including phenoxy) is 2. The lowest BCUT2D eigenvalue weighted by atomic mass is 10.2. The third kappa shape index (κ3) is 3.68. The zero-order chi connectivity index (χ0) is 13.9. The van der Waals surface area contributed by atoms with Crippen LogP contribution in [-0.2, 0) is 4.79 Å². The topological polar surface area (TPSA) is 42.0 Å². The molecule has 1 aromatic carbocycles. The molecule has 114 valence electrons. The first-order chi connectivity index (χ1) is 9.72. The highest BCUT2D eigenvalue weighted by atomic mass is 35.5. The van der Waals surface area contributed by atoms with Gasteiger partial charge in [-0.05, 0) is 30.8 Å². The molecule has 0 spiro atoms. The molecule has 1 fully saturated rings. The van der Waals surface area contributed by atoms with E-state index in [2.05, 4.69) is 11.9 Å². The molecule has 0 saturated carbocycles. The molecule has 1 saturated heterocycles. The first-order valence-corrected chi connectivity index (χ1v) is 6.77. The molecule has 1 amide bonds. The average Bonchev–Trinajstić information content (AvgIpc) is 2.93. The van der Waals surface area contributed by atoms with Crippen molar-refractivity contribution in [3.8, 4) is 11.5 Å². The van der Waals surface area contributed by atoms with Gasteiger partial charge < -0.3 is 19.3 Å². The van der Waals surface area contributed by atoms with Crippen molar-refractivity contribution in [2.75, 3.05) is 40.0 Å². The third-order valence-electron chi connectivity index (χ3n) is 3.63. The van der Waals surface area contributed by atoms with Gasteiger partial charge in [-0.25, -0.2) is 0 Å². The summed E-state index contributed by atoms with van der Waals surface area (Å²) in [7, 11) is 2.07. The number of piperazine rings is 1. The van der Waals surface area contributed by atoms with Crippen LogP contribution in [-0.4, -0.2) is 55.7 Å². The Balaban J connectivity index is 0.00000161. The summed E-state index contributed by atoms with van der Waals surface area (Å²) in [6.07, 6.45) is 3.45. The zero-order valence-electron chi connectivity index (χ0n) is 11.9. The minimum absolute atomic E-state index is 0. The van der Waals surface area contributed by atoms with Crippen LogP contribution >= 0.6 is 12.4 Å². The molecule has 2 heterocycles. The molecule has 5 nitrogen and oxygen atoms in total. The van der Waals surface area contributed by atoms with Crippen LogP contribution in [0.4, 0.5) is 0 Å². The molecule has 0 unspecified atom stereocenters. The number of nitrogens with zero attached hydrogens (tertiary/aromatic N) is 2. The van der Waals surface area contributed by atoms with E-state index >= 15 is 0 Å². The van der Waals surface area contributed by atoms with Gasteiger partial charge in [0.05, 0.1) is 0 Å². The Bertz CT molecular complexity index is 540. The van der Waals surface area contributed by atoms with Gasteiger partial charge in [0, 0.05) is 32.3 Å². The maximum Gasteiger partial charge on any atom is 0.246 e. The van der Waals surface area contributed by atoms with Crippen molar-refractivity contribution >= 4 is 24.4 Å². The fourth-order valence-corrected chi connectivity index (χ4v) is 2.32. The number of rotatable bonds is 2. The van der Waals surface area contributed by atoms with Crippen LogP contribution < -0.4 is 9.47 Å². The SMILES string of the molecule is CN1CCN(C(=O)/C=C/c2ccc3c(c2)OCO3)CC1.Cl. The van der Waals surface area contributed by atoms with Gasteiger partial charge in [0.15, 0.2) is 11.5 Å². The van der Waals surface area contributed by atoms with Crippen molar-refractivity contribution in [2.24, 2.45) is 0 Å². The number of hydrogen-bond donors (Lipinski definition) is 0. The number of likely N-dealkylation sites (N-methyl/N-ethyl adjacent to an activating group) is 1. The number of amides is 1. The van der Waals surface area contributed by atoms with Gasteiger partial charge in [0.25, 0.3) is 0 Å². The molecule has 3 rings (SSSR count). The first-order valence-electron chi connectivity index (χ1n) is 6.77. The fraction of sp³-hybridized carbons (Fsp3) is 0.400. The van der Waals surface area contributed by atoms with Gasteiger partial charge in [0.1, 0.15) is 0 Å². The normalized spacial score (nSPS) is 17.9. The largest absolute Gasteiger partial charge is 0.454 e. The minimum atomic E-state index is 0. The van der Waals surface area contributed by atoms with Gasteiger partial charge in [0.2, 0.25) is 12.7 Å². The summed E-state index contributed by atoms with van der Waals surface area (Å²) in [5.41, 5.74) is 0.941. The van der Waals surface area contributed by atoms with E-state index in [-0.39, 0.29) is 25.1 Å². The van der Waals surface area contributed by atoms with Crippen molar-refractivity contribution in [1.29, 1.82) is 0 Å². The number of fused-ring (bicyclic) bond motifs is 1. The van der Waals surface area contributed by atoms with Crippen LogP contribution in [0.5, 0.6) is 11.5 Å². The smallest absolute Gasteiger partial charge is 0.246 e. The van der Waals surface area contributed by atoms with E-state index in [0.29, 0.717) is 0 Å². The molecule has 0 aliphatic carbocycles. The van der Waals surface area contributed by atoms with Crippen molar-refractivity contribution in [1.82, 2.24) is 9.80 Å². The molecule has 0 atom stereocenters. The van der Waals surface area contributed by atoms with Gasteiger partial charge in [-0.3, -0.25) is 4.79 Å². The number of carbonyl (C=O) groups excluding carboxylic acids is 1. The van der Waals surface area contributed by atoms with Crippen LogP contribution in [0.25, 0.3) is 6.08 Å². The van der Waals surface area contributed by atoms with Crippen LogP contribution in [0.3, 0.4) is 0 Å². The summed E-state index contributed by atoms with van der Waals surface area (Å²) < 4.78 is 10.6. The molecular formula is C15H19ClN2O3. The fourth-order valence-electron chi connectivity index (χ4n) is 2.32. The van der Waals surface area contributed by atoms with Crippen molar-refractivity contribution in [3.05, 3.63) is 29.8 Å². The molecule has 0 N–H and O–H groups in total. The predicted molar refractivity (Wildman–Crippen MR) is 82.9 cm³/mol. The van der Waals surface area contributed by atoms with E-state index in [4.69, 9.17) is 9.47 Å². The summed E-state index contributed by atoms with van der Waals surface area (Å²) in [5.74, 6) is 1.56. The maximum atomic E-state index is 12.1. The van der Waals surface area contributed by atoms with E-state index in [0.717, 1.165) is 43.2 Å². The van der Waals surface area contributed by atoms with Gasteiger partial charge in [-0.15, -0.1) is 12.4 Å². The van der Waals surface area contributed by atoms with E-state index < -0.39 is 0 Å². The summed E-state index contributed by atoms with van der Waals surface area (Å²) >= 11 is 0. The Hall–Kier alpha value is -1.72. The standard InChI is InChI=1S/C15H18N2O3.ClH/c1-16-6-8-17(9-7-16)15(18)5-3-12-2-4-13-14(10-12)20-11-19-13;/h2-5,10H,6-9,11H2,1H3;1H/b5-3+;. The molecule has 2 aliphatic rings. The van der Waals surface area contributed by atoms with Crippen molar-refractivity contribution < 1.29 is 14.3 Å². The summed E-state index contributed by atoms with van der Waals surface area (Å²) in [6, 6.07) is 5.67. The van der Waals surface area contributed by atoms with E-state index in [9.17, 15) is 4.79 Å². The van der Waals surface area contributed by atoms with Crippen molar-refractivity contribution in [2.45, 2.75) is 0 Å².